The highest BCUT2D eigenvalue weighted by Gasteiger charge is 2.30. The minimum atomic E-state index is -4.43. The van der Waals surface area contributed by atoms with Crippen LogP contribution in [0.3, 0.4) is 0 Å². The summed E-state index contributed by atoms with van der Waals surface area (Å²) in [5.41, 5.74) is 0.557. The number of halogens is 3. The fourth-order valence-corrected chi connectivity index (χ4v) is 4.45. The van der Waals surface area contributed by atoms with E-state index in [1.807, 2.05) is 31.1 Å². The number of nitrogens with one attached hydrogen (secondary N) is 1. The fourth-order valence-electron chi connectivity index (χ4n) is 3.20. The first-order chi connectivity index (χ1) is 13.6. The number of hydrogen-bond acceptors (Lipinski definition) is 3. The normalized spacial score (nSPS) is 12.3. The van der Waals surface area contributed by atoms with E-state index in [0.29, 0.717) is 10.9 Å². The van der Waals surface area contributed by atoms with Gasteiger partial charge in [-0.15, -0.1) is 0 Å². The van der Waals surface area contributed by atoms with Gasteiger partial charge in [0, 0.05) is 37.1 Å². The van der Waals surface area contributed by atoms with Crippen molar-refractivity contribution in [2.45, 2.75) is 17.5 Å². The summed E-state index contributed by atoms with van der Waals surface area (Å²) in [5, 5.41) is 1.39. The monoisotopic (exact) mass is 422 g/mol. The molecule has 0 bridgehead atoms. The van der Waals surface area contributed by atoms with E-state index in [0.717, 1.165) is 23.2 Å². The van der Waals surface area contributed by atoms with Crippen molar-refractivity contribution in [3.63, 3.8) is 0 Å². The van der Waals surface area contributed by atoms with Crippen LogP contribution in [0, 0.1) is 0 Å². The first kappa shape index (κ1) is 21.1. The van der Waals surface area contributed by atoms with Crippen LogP contribution in [0.15, 0.2) is 65.6 Å². The van der Waals surface area contributed by atoms with Gasteiger partial charge < -0.3 is 4.90 Å². The van der Waals surface area contributed by atoms with E-state index in [2.05, 4.69) is 4.72 Å². The lowest BCUT2D eigenvalue weighted by atomic mass is 10.1. The van der Waals surface area contributed by atoms with Gasteiger partial charge in [0.1, 0.15) is 0 Å². The van der Waals surface area contributed by atoms with Crippen molar-refractivity contribution in [3.05, 3.63) is 71.8 Å². The standard InChI is InChI=1S/C21H21F3N2O2S/c1-26(2)19-10-4-9-18-17(19)8-5-11-20(18)29(27,28)25-13-12-15-6-3-7-16(14-15)21(22,23)24/h3-11,14,25H,12-13H2,1-2H3. The highest BCUT2D eigenvalue weighted by molar-refractivity contribution is 7.89. The van der Waals surface area contributed by atoms with Crippen LogP contribution in [-0.2, 0) is 22.6 Å². The summed E-state index contributed by atoms with van der Waals surface area (Å²) in [4.78, 5) is 2.04. The molecule has 154 valence electrons. The largest absolute Gasteiger partial charge is 0.416 e. The summed E-state index contributed by atoms with van der Waals surface area (Å²) in [6.07, 6.45) is -4.28. The average Bonchev–Trinajstić information content (AvgIpc) is 2.66. The van der Waals surface area contributed by atoms with Gasteiger partial charge in [-0.3, -0.25) is 0 Å². The molecule has 1 N–H and O–H groups in total. The Labute approximate surface area is 168 Å². The lowest BCUT2D eigenvalue weighted by molar-refractivity contribution is -0.137. The zero-order valence-electron chi connectivity index (χ0n) is 16.0. The van der Waals surface area contributed by atoms with Gasteiger partial charge in [0.15, 0.2) is 0 Å². The second-order valence-electron chi connectivity index (χ2n) is 6.87. The zero-order valence-corrected chi connectivity index (χ0v) is 16.8. The van der Waals surface area contributed by atoms with Crippen molar-refractivity contribution in [2.24, 2.45) is 0 Å². The molecular weight excluding hydrogens is 401 g/mol. The maximum Gasteiger partial charge on any atom is 0.416 e. The molecule has 0 aliphatic rings. The maximum absolute atomic E-state index is 12.8. The molecule has 0 heterocycles. The van der Waals surface area contributed by atoms with Crippen molar-refractivity contribution in [1.29, 1.82) is 0 Å². The Morgan fingerprint density at radius 3 is 2.28 bits per heavy atom. The quantitative estimate of drug-likeness (QED) is 0.639. The smallest absolute Gasteiger partial charge is 0.377 e. The lowest BCUT2D eigenvalue weighted by Crippen LogP contribution is -2.26. The molecule has 0 fully saturated rings. The highest BCUT2D eigenvalue weighted by atomic mass is 32.2. The van der Waals surface area contributed by atoms with E-state index >= 15 is 0 Å². The van der Waals surface area contributed by atoms with Crippen LogP contribution >= 0.6 is 0 Å². The Morgan fingerprint density at radius 2 is 1.59 bits per heavy atom. The topological polar surface area (TPSA) is 49.4 Å². The van der Waals surface area contributed by atoms with Gasteiger partial charge in [0.2, 0.25) is 10.0 Å². The van der Waals surface area contributed by atoms with Crippen LogP contribution in [0.4, 0.5) is 18.9 Å². The summed E-state index contributed by atoms with van der Waals surface area (Å²) < 4.78 is 66.6. The molecule has 0 aliphatic carbocycles. The van der Waals surface area contributed by atoms with E-state index < -0.39 is 21.8 Å². The number of anilines is 1. The Morgan fingerprint density at radius 1 is 0.931 bits per heavy atom. The fraction of sp³-hybridized carbons (Fsp3) is 0.238. The first-order valence-electron chi connectivity index (χ1n) is 8.94. The number of fused-ring (bicyclic) bond motifs is 1. The maximum atomic E-state index is 12.8. The van der Waals surface area contributed by atoms with Crippen LogP contribution in [0.2, 0.25) is 0 Å². The van der Waals surface area contributed by atoms with E-state index in [-0.39, 0.29) is 17.9 Å². The molecule has 0 unspecified atom stereocenters. The van der Waals surface area contributed by atoms with E-state index in [9.17, 15) is 21.6 Å². The van der Waals surface area contributed by atoms with Crippen molar-refractivity contribution in [3.8, 4) is 0 Å². The lowest BCUT2D eigenvalue weighted by Gasteiger charge is -2.17. The van der Waals surface area contributed by atoms with Crippen LogP contribution in [0.1, 0.15) is 11.1 Å². The Hall–Kier alpha value is -2.58. The number of nitrogens with zero attached hydrogens (tertiary/aromatic N) is 1. The van der Waals surface area contributed by atoms with Gasteiger partial charge in [0.25, 0.3) is 0 Å². The molecular formula is C21H21F3N2O2S. The third-order valence-electron chi connectivity index (χ3n) is 4.59. The summed E-state index contributed by atoms with van der Waals surface area (Å²) in [7, 11) is -0.0723. The summed E-state index contributed by atoms with van der Waals surface area (Å²) >= 11 is 0. The van der Waals surface area contributed by atoms with Crippen LogP contribution < -0.4 is 9.62 Å². The molecule has 0 spiro atoms. The molecule has 4 nitrogen and oxygen atoms in total. The Kier molecular flexibility index (Phi) is 5.86. The summed E-state index contributed by atoms with van der Waals surface area (Å²) in [6.45, 7) is -0.00654. The molecule has 0 aliphatic heterocycles. The van der Waals surface area contributed by atoms with Gasteiger partial charge in [-0.25, -0.2) is 13.1 Å². The molecule has 0 aromatic heterocycles. The number of sulfonamides is 1. The minimum Gasteiger partial charge on any atom is -0.377 e. The van der Waals surface area contributed by atoms with Gasteiger partial charge in [-0.1, -0.05) is 42.5 Å². The zero-order chi connectivity index (χ0) is 21.2. The molecule has 0 amide bonds. The van der Waals surface area contributed by atoms with Crippen LogP contribution in [0.25, 0.3) is 10.8 Å². The minimum absolute atomic E-state index is 0.00654. The summed E-state index contributed by atoms with van der Waals surface area (Å²) in [5.74, 6) is 0. The second kappa shape index (κ2) is 8.04. The molecule has 8 heteroatoms. The van der Waals surface area contributed by atoms with E-state index in [1.54, 1.807) is 24.3 Å². The molecule has 0 atom stereocenters. The van der Waals surface area contributed by atoms with Gasteiger partial charge in [0.05, 0.1) is 10.5 Å². The van der Waals surface area contributed by atoms with Crippen molar-refractivity contribution in [2.75, 3.05) is 25.5 Å². The van der Waals surface area contributed by atoms with Crippen molar-refractivity contribution < 1.29 is 21.6 Å². The predicted molar refractivity (Wildman–Crippen MR) is 109 cm³/mol. The third kappa shape index (κ3) is 4.71. The third-order valence-corrected chi connectivity index (χ3v) is 6.11. The van der Waals surface area contributed by atoms with Gasteiger partial charge >= 0.3 is 6.18 Å². The molecule has 29 heavy (non-hydrogen) atoms. The number of rotatable bonds is 6. The molecule has 0 saturated carbocycles. The Bertz CT molecular complexity index is 1130. The average molecular weight is 422 g/mol. The van der Waals surface area contributed by atoms with E-state index in [4.69, 9.17) is 0 Å². The number of alkyl halides is 3. The van der Waals surface area contributed by atoms with Crippen molar-refractivity contribution in [1.82, 2.24) is 4.72 Å². The molecule has 3 aromatic carbocycles. The second-order valence-corrected chi connectivity index (χ2v) is 8.60. The molecule has 3 rings (SSSR count). The molecule has 0 saturated heterocycles. The van der Waals surface area contributed by atoms with Crippen LogP contribution in [0.5, 0.6) is 0 Å². The van der Waals surface area contributed by atoms with Crippen molar-refractivity contribution >= 4 is 26.5 Å². The predicted octanol–water partition coefficient (Wildman–Crippen LogP) is 4.45. The van der Waals surface area contributed by atoms with Crippen LogP contribution in [-0.4, -0.2) is 29.1 Å². The first-order valence-corrected chi connectivity index (χ1v) is 10.4. The number of benzene rings is 3. The SMILES string of the molecule is CN(C)c1cccc2c(S(=O)(=O)NCCc3cccc(C(F)(F)F)c3)cccc12. The van der Waals surface area contributed by atoms with E-state index in [1.165, 1.54) is 12.1 Å². The number of hydrogen-bond donors (Lipinski definition) is 1. The van der Waals surface area contributed by atoms with Gasteiger partial charge in [-0.05, 0) is 30.2 Å². The Balaban J connectivity index is 1.82. The summed E-state index contributed by atoms with van der Waals surface area (Å²) in [6, 6.07) is 15.4. The van der Waals surface area contributed by atoms with Gasteiger partial charge in [-0.2, -0.15) is 13.2 Å². The molecule has 0 radical (unpaired) electrons. The highest BCUT2D eigenvalue weighted by Crippen LogP contribution is 2.31. The molecule has 3 aromatic rings.